The number of halogens is 3. The molecule has 1 aromatic heterocycles. The van der Waals surface area contributed by atoms with E-state index in [1.807, 2.05) is 6.92 Å². The molecule has 0 saturated heterocycles. The number of ether oxygens (including phenoxy) is 1. The fourth-order valence-corrected chi connectivity index (χ4v) is 2.09. The maximum absolute atomic E-state index is 12.1. The largest absolute Gasteiger partial charge is 0.509 e. The summed E-state index contributed by atoms with van der Waals surface area (Å²) in [5.74, 6) is -1.76. The molecule has 0 saturated carbocycles. The molecule has 128 valence electrons. The van der Waals surface area contributed by atoms with Gasteiger partial charge in [0.15, 0.2) is 11.8 Å². The molecular weight excluding hydrogens is 369 g/mol. The lowest BCUT2D eigenvalue weighted by molar-refractivity contribution is -0.142. The average Bonchev–Trinajstić information content (AvgIpc) is 2.53. The Balaban J connectivity index is 2.87. The third kappa shape index (κ3) is 4.96. The predicted molar refractivity (Wildman–Crippen MR) is 87.4 cm³/mol. The van der Waals surface area contributed by atoms with Crippen molar-refractivity contribution in [1.82, 2.24) is 4.98 Å². The Kier molecular flexibility index (Phi) is 7.57. The topological polar surface area (TPSA) is 99.9 Å². The summed E-state index contributed by atoms with van der Waals surface area (Å²) in [4.78, 5) is 15.8. The highest BCUT2D eigenvalue weighted by Crippen LogP contribution is 2.30. The molecule has 9 heteroatoms. The van der Waals surface area contributed by atoms with E-state index in [-0.39, 0.29) is 21.1 Å². The second-order valence-electron chi connectivity index (χ2n) is 4.66. The van der Waals surface area contributed by atoms with Crippen LogP contribution < -0.4 is 4.74 Å². The fraction of sp³-hybridized carbons (Fsp3) is 0.429. The number of hydrogen-bond acceptors (Lipinski definition) is 6. The minimum absolute atomic E-state index is 0.0190. The molecule has 1 rings (SSSR count). The average molecular weight is 385 g/mol. The number of carbonyl (C=O) groups is 1. The van der Waals surface area contributed by atoms with Crippen LogP contribution in [0, 0.1) is 0 Å². The molecule has 0 amide bonds. The molecule has 0 aliphatic rings. The van der Waals surface area contributed by atoms with Gasteiger partial charge in [-0.1, -0.05) is 48.1 Å². The Morgan fingerprint density at radius 1 is 1.39 bits per heavy atom. The summed E-state index contributed by atoms with van der Waals surface area (Å²) in [6, 6.07) is 1.29. The number of nitrogens with zero attached hydrogens (tertiary/aromatic N) is 1. The van der Waals surface area contributed by atoms with Gasteiger partial charge in [0.2, 0.25) is 17.3 Å². The number of allylic oxidation sites excluding steroid dienone is 1. The normalized spacial score (nSPS) is 14.4. The molecule has 0 spiro atoms. The highest BCUT2D eigenvalue weighted by molar-refractivity contribution is 6.42. The van der Waals surface area contributed by atoms with Crippen molar-refractivity contribution in [3.05, 3.63) is 33.1 Å². The number of Topliss-reactive ketones (excluding diaryl/α,β-unsaturated/α-hetero) is 1. The Morgan fingerprint density at radius 3 is 2.61 bits per heavy atom. The first-order valence-electron chi connectivity index (χ1n) is 6.66. The molecule has 23 heavy (non-hydrogen) atoms. The van der Waals surface area contributed by atoms with Crippen LogP contribution >= 0.6 is 34.8 Å². The van der Waals surface area contributed by atoms with Gasteiger partial charge < -0.3 is 20.1 Å². The number of aliphatic hydroxyl groups is 3. The third-order valence-electron chi connectivity index (χ3n) is 2.93. The van der Waals surface area contributed by atoms with Gasteiger partial charge in [-0.25, -0.2) is 0 Å². The van der Waals surface area contributed by atoms with Gasteiger partial charge in [-0.3, -0.25) is 4.79 Å². The van der Waals surface area contributed by atoms with Gasteiger partial charge in [0, 0.05) is 0 Å². The maximum Gasteiger partial charge on any atom is 0.234 e. The van der Waals surface area contributed by atoms with Gasteiger partial charge in [-0.2, -0.15) is 4.98 Å². The second kappa shape index (κ2) is 8.70. The Labute approximate surface area is 148 Å². The van der Waals surface area contributed by atoms with E-state index in [2.05, 4.69) is 4.98 Å². The summed E-state index contributed by atoms with van der Waals surface area (Å²) in [7, 11) is 0. The zero-order valence-corrected chi connectivity index (χ0v) is 14.5. The molecule has 1 aromatic rings. The lowest BCUT2D eigenvalue weighted by Gasteiger charge is -2.23. The molecule has 0 radical (unpaired) electrons. The number of rotatable bonds is 8. The summed E-state index contributed by atoms with van der Waals surface area (Å²) >= 11 is 17.3. The minimum Gasteiger partial charge on any atom is -0.509 e. The van der Waals surface area contributed by atoms with Crippen molar-refractivity contribution in [3.63, 3.8) is 0 Å². The SMILES string of the molecule is CCC/C=C(\O)C(O)(CO)C(=O)COc1nc(Cl)c(Cl)cc1Cl. The maximum atomic E-state index is 12.1. The fourth-order valence-electron chi connectivity index (χ4n) is 1.54. The summed E-state index contributed by atoms with van der Waals surface area (Å²) < 4.78 is 5.09. The van der Waals surface area contributed by atoms with Gasteiger partial charge in [0.1, 0.15) is 10.8 Å². The van der Waals surface area contributed by atoms with E-state index < -0.39 is 30.4 Å². The molecule has 6 nitrogen and oxygen atoms in total. The summed E-state index contributed by atoms with van der Waals surface area (Å²) in [5.41, 5.74) is -2.45. The monoisotopic (exact) mass is 383 g/mol. The zero-order valence-electron chi connectivity index (χ0n) is 12.2. The highest BCUT2D eigenvalue weighted by atomic mass is 35.5. The van der Waals surface area contributed by atoms with Crippen LogP contribution in [-0.2, 0) is 4.79 Å². The summed E-state index contributed by atoms with van der Waals surface area (Å²) in [6.07, 6.45) is 2.39. The van der Waals surface area contributed by atoms with Crippen LogP contribution in [0.15, 0.2) is 17.9 Å². The Bertz CT molecular complexity index is 608. The van der Waals surface area contributed by atoms with Crippen LogP contribution in [0.1, 0.15) is 19.8 Å². The lowest BCUT2D eigenvalue weighted by Crippen LogP contribution is -2.47. The molecule has 3 N–H and O–H groups in total. The number of carbonyl (C=O) groups excluding carboxylic acids is 1. The summed E-state index contributed by atoms with van der Waals surface area (Å²) in [6.45, 7) is 0.167. The lowest BCUT2D eigenvalue weighted by atomic mass is 9.96. The first kappa shape index (κ1) is 20.0. The Morgan fingerprint density at radius 2 is 2.04 bits per heavy atom. The number of unbranched alkanes of at least 4 members (excludes halogenated alkanes) is 1. The van der Waals surface area contributed by atoms with Crippen molar-refractivity contribution in [2.45, 2.75) is 25.4 Å². The molecule has 0 fully saturated rings. The van der Waals surface area contributed by atoms with Gasteiger partial charge in [-0.15, -0.1) is 0 Å². The molecule has 0 aliphatic heterocycles. The van der Waals surface area contributed by atoms with Crippen molar-refractivity contribution in [1.29, 1.82) is 0 Å². The van der Waals surface area contributed by atoms with E-state index >= 15 is 0 Å². The van der Waals surface area contributed by atoms with E-state index in [1.165, 1.54) is 12.1 Å². The standard InChI is InChI=1S/C14H16Cl3NO5/c1-2-3-4-10(20)14(22,7-19)11(21)6-23-13-9(16)5-8(15)12(17)18-13/h4-5,19-20,22H,2-3,6-7H2,1H3/b10-4-. The van der Waals surface area contributed by atoms with Crippen molar-refractivity contribution in [2.75, 3.05) is 13.2 Å². The van der Waals surface area contributed by atoms with Crippen LogP contribution in [0.25, 0.3) is 0 Å². The predicted octanol–water partition coefficient (Wildman–Crippen LogP) is 2.96. The van der Waals surface area contributed by atoms with Crippen LogP contribution in [0.4, 0.5) is 0 Å². The van der Waals surface area contributed by atoms with E-state index in [9.17, 15) is 20.1 Å². The van der Waals surface area contributed by atoms with Crippen molar-refractivity contribution in [2.24, 2.45) is 0 Å². The van der Waals surface area contributed by atoms with Crippen LogP contribution in [0.5, 0.6) is 5.88 Å². The molecule has 1 unspecified atom stereocenters. The van der Waals surface area contributed by atoms with Crippen molar-refractivity contribution in [3.8, 4) is 5.88 Å². The number of pyridine rings is 1. The van der Waals surface area contributed by atoms with Gasteiger partial charge in [0.05, 0.1) is 11.6 Å². The number of aromatic nitrogens is 1. The quantitative estimate of drug-likeness (QED) is 0.471. The minimum atomic E-state index is -2.45. The van der Waals surface area contributed by atoms with Crippen molar-refractivity contribution >= 4 is 40.6 Å². The van der Waals surface area contributed by atoms with Crippen LogP contribution in [0.2, 0.25) is 15.2 Å². The number of aliphatic hydroxyl groups excluding tert-OH is 2. The molecule has 0 aliphatic carbocycles. The second-order valence-corrected chi connectivity index (χ2v) is 5.83. The van der Waals surface area contributed by atoms with Crippen molar-refractivity contribution < 1.29 is 24.9 Å². The molecule has 0 bridgehead atoms. The van der Waals surface area contributed by atoms with E-state index in [0.29, 0.717) is 12.8 Å². The molecule has 0 aromatic carbocycles. The van der Waals surface area contributed by atoms with E-state index in [4.69, 9.17) is 39.5 Å². The van der Waals surface area contributed by atoms with Gasteiger partial charge >= 0.3 is 0 Å². The smallest absolute Gasteiger partial charge is 0.234 e. The highest BCUT2D eigenvalue weighted by Gasteiger charge is 2.40. The summed E-state index contributed by atoms with van der Waals surface area (Å²) in [5, 5.41) is 29.2. The third-order valence-corrected chi connectivity index (χ3v) is 3.88. The first-order chi connectivity index (χ1) is 10.8. The zero-order chi connectivity index (χ0) is 17.6. The number of ketones is 1. The van der Waals surface area contributed by atoms with Gasteiger partial charge in [0.25, 0.3) is 0 Å². The van der Waals surface area contributed by atoms with Crippen LogP contribution in [0.3, 0.4) is 0 Å². The molecule has 1 heterocycles. The molecule has 1 atom stereocenters. The molecular formula is C14H16Cl3NO5. The van der Waals surface area contributed by atoms with Gasteiger partial charge in [-0.05, 0) is 18.6 Å². The first-order valence-corrected chi connectivity index (χ1v) is 7.80. The van der Waals surface area contributed by atoms with E-state index in [0.717, 1.165) is 0 Å². The Hall–Kier alpha value is -1.05. The van der Waals surface area contributed by atoms with Crippen LogP contribution in [-0.4, -0.2) is 44.9 Å². The van der Waals surface area contributed by atoms with E-state index in [1.54, 1.807) is 0 Å². The number of hydrogen-bond donors (Lipinski definition) is 3.